The van der Waals surface area contributed by atoms with Crippen LogP contribution in [0.15, 0.2) is 24.3 Å². The second-order valence-corrected chi connectivity index (χ2v) is 5.06. The number of methoxy groups -OCH3 is 1. The van der Waals surface area contributed by atoms with Gasteiger partial charge in [-0.05, 0) is 43.5 Å². The van der Waals surface area contributed by atoms with E-state index in [-0.39, 0.29) is 5.78 Å². The average Bonchev–Trinajstić information content (AvgIpc) is 2.35. The Morgan fingerprint density at radius 2 is 1.83 bits per heavy atom. The van der Waals surface area contributed by atoms with Crippen molar-refractivity contribution in [3.63, 3.8) is 0 Å². The molecule has 0 aliphatic carbocycles. The van der Waals surface area contributed by atoms with E-state index < -0.39 is 0 Å². The zero-order chi connectivity index (χ0) is 13.5. The molecule has 1 rings (SSSR count). The molecule has 0 radical (unpaired) electrons. The molecule has 0 fully saturated rings. The molecule has 3 heteroatoms. The van der Waals surface area contributed by atoms with Crippen molar-refractivity contribution in [1.82, 2.24) is 5.32 Å². The Morgan fingerprint density at radius 1 is 1.22 bits per heavy atom. The summed E-state index contributed by atoms with van der Waals surface area (Å²) in [6.45, 7) is 6.87. The molecular weight excluding hydrogens is 226 g/mol. The van der Waals surface area contributed by atoms with Crippen LogP contribution in [0.2, 0.25) is 0 Å². The molecule has 0 heterocycles. The van der Waals surface area contributed by atoms with Crippen molar-refractivity contribution in [2.24, 2.45) is 5.92 Å². The number of carbonyl (C=O) groups excluding carboxylic acids is 1. The summed E-state index contributed by atoms with van der Waals surface area (Å²) in [5.41, 5.74) is 0.722. The van der Waals surface area contributed by atoms with E-state index in [2.05, 4.69) is 26.1 Å². The molecule has 100 valence electrons. The third-order valence-electron chi connectivity index (χ3n) is 2.85. The highest BCUT2D eigenvalue weighted by Gasteiger charge is 2.09. The highest BCUT2D eigenvalue weighted by atomic mass is 16.5. The first kappa shape index (κ1) is 14.7. The van der Waals surface area contributed by atoms with E-state index in [9.17, 15) is 4.79 Å². The summed E-state index contributed by atoms with van der Waals surface area (Å²) in [5, 5.41) is 3.26. The van der Waals surface area contributed by atoms with Crippen LogP contribution in [0.25, 0.3) is 0 Å². The molecule has 1 unspecified atom stereocenters. The van der Waals surface area contributed by atoms with Gasteiger partial charge in [0.1, 0.15) is 5.75 Å². The van der Waals surface area contributed by atoms with Crippen molar-refractivity contribution in [3.8, 4) is 5.75 Å². The summed E-state index contributed by atoms with van der Waals surface area (Å²) in [5.74, 6) is 1.53. The van der Waals surface area contributed by atoms with Gasteiger partial charge in [0.05, 0.1) is 13.7 Å². The summed E-state index contributed by atoms with van der Waals surface area (Å²) in [6.07, 6.45) is 1.08. The summed E-state index contributed by atoms with van der Waals surface area (Å²) in [7, 11) is 1.62. The van der Waals surface area contributed by atoms with Crippen LogP contribution < -0.4 is 10.1 Å². The number of Topliss-reactive ketones (excluding diaryl/α,β-unsaturated/α-hetero) is 1. The van der Waals surface area contributed by atoms with Crippen LogP contribution >= 0.6 is 0 Å². The average molecular weight is 249 g/mol. The molecular formula is C15H23NO2. The monoisotopic (exact) mass is 249 g/mol. The van der Waals surface area contributed by atoms with E-state index in [0.29, 0.717) is 18.5 Å². The molecule has 18 heavy (non-hydrogen) atoms. The Balaban J connectivity index is 2.44. The van der Waals surface area contributed by atoms with Gasteiger partial charge in [-0.1, -0.05) is 13.8 Å². The number of carbonyl (C=O) groups is 1. The summed E-state index contributed by atoms with van der Waals surface area (Å²) >= 11 is 0. The van der Waals surface area contributed by atoms with Crippen LogP contribution in [-0.2, 0) is 0 Å². The van der Waals surface area contributed by atoms with Gasteiger partial charge >= 0.3 is 0 Å². The summed E-state index contributed by atoms with van der Waals surface area (Å²) in [4.78, 5) is 11.9. The van der Waals surface area contributed by atoms with Crippen molar-refractivity contribution >= 4 is 5.78 Å². The van der Waals surface area contributed by atoms with Crippen molar-refractivity contribution in [2.75, 3.05) is 13.7 Å². The van der Waals surface area contributed by atoms with Gasteiger partial charge in [0.25, 0.3) is 0 Å². The number of nitrogens with one attached hydrogen (secondary N) is 1. The number of hydrogen-bond acceptors (Lipinski definition) is 3. The standard InChI is InChI=1S/C15H23NO2/c1-11(2)9-12(3)16-10-15(17)13-5-7-14(18-4)8-6-13/h5-8,11-12,16H,9-10H2,1-4H3. The van der Waals surface area contributed by atoms with Gasteiger partial charge in [0.2, 0.25) is 0 Å². The first-order valence-electron chi connectivity index (χ1n) is 6.43. The maximum atomic E-state index is 11.9. The smallest absolute Gasteiger partial charge is 0.176 e. The molecule has 0 amide bonds. The minimum atomic E-state index is 0.119. The maximum Gasteiger partial charge on any atom is 0.176 e. The third-order valence-corrected chi connectivity index (χ3v) is 2.85. The SMILES string of the molecule is COc1ccc(C(=O)CNC(C)CC(C)C)cc1. The van der Waals surface area contributed by atoms with Gasteiger partial charge in [-0.15, -0.1) is 0 Å². The molecule has 0 aliphatic heterocycles. The fourth-order valence-corrected chi connectivity index (χ4v) is 1.94. The lowest BCUT2D eigenvalue weighted by Gasteiger charge is -2.15. The van der Waals surface area contributed by atoms with Gasteiger partial charge in [-0.3, -0.25) is 4.79 Å². The van der Waals surface area contributed by atoms with Gasteiger partial charge in [0, 0.05) is 11.6 Å². The predicted molar refractivity (Wildman–Crippen MR) is 74.2 cm³/mol. The Bertz CT molecular complexity index is 371. The zero-order valence-corrected chi connectivity index (χ0v) is 11.7. The molecule has 1 aromatic rings. The summed E-state index contributed by atoms with van der Waals surface area (Å²) < 4.78 is 5.06. The van der Waals surface area contributed by atoms with Crippen molar-refractivity contribution in [2.45, 2.75) is 33.2 Å². The van der Waals surface area contributed by atoms with E-state index in [1.54, 1.807) is 19.2 Å². The van der Waals surface area contributed by atoms with Crippen LogP contribution in [-0.4, -0.2) is 25.5 Å². The molecule has 0 aromatic heterocycles. The van der Waals surface area contributed by atoms with E-state index >= 15 is 0 Å². The minimum Gasteiger partial charge on any atom is -0.497 e. The largest absolute Gasteiger partial charge is 0.497 e. The van der Waals surface area contributed by atoms with Gasteiger partial charge < -0.3 is 10.1 Å². The lowest BCUT2D eigenvalue weighted by Crippen LogP contribution is -2.32. The second kappa shape index (κ2) is 7.17. The van der Waals surface area contributed by atoms with Gasteiger partial charge in [-0.2, -0.15) is 0 Å². The Kier molecular flexibility index (Phi) is 5.86. The topological polar surface area (TPSA) is 38.3 Å². The molecule has 0 spiro atoms. The molecule has 3 nitrogen and oxygen atoms in total. The van der Waals surface area contributed by atoms with E-state index in [1.165, 1.54) is 0 Å². The van der Waals surface area contributed by atoms with Crippen LogP contribution in [0.3, 0.4) is 0 Å². The quantitative estimate of drug-likeness (QED) is 0.755. The van der Waals surface area contributed by atoms with Gasteiger partial charge in [0.15, 0.2) is 5.78 Å². The fourth-order valence-electron chi connectivity index (χ4n) is 1.94. The Morgan fingerprint density at radius 3 is 2.33 bits per heavy atom. The Labute approximate surface area is 110 Å². The van der Waals surface area contributed by atoms with Crippen LogP contribution in [0.1, 0.15) is 37.6 Å². The van der Waals surface area contributed by atoms with E-state index in [0.717, 1.165) is 17.7 Å². The normalized spacial score (nSPS) is 12.5. The number of benzene rings is 1. The third kappa shape index (κ3) is 4.88. The van der Waals surface area contributed by atoms with Crippen molar-refractivity contribution < 1.29 is 9.53 Å². The number of ketones is 1. The molecule has 1 aromatic carbocycles. The van der Waals surface area contributed by atoms with E-state index in [1.807, 2.05) is 12.1 Å². The predicted octanol–water partition coefficient (Wildman–Crippen LogP) is 2.90. The molecule has 0 saturated carbocycles. The lowest BCUT2D eigenvalue weighted by molar-refractivity contribution is 0.0986. The first-order valence-corrected chi connectivity index (χ1v) is 6.43. The van der Waals surface area contributed by atoms with Gasteiger partial charge in [-0.25, -0.2) is 0 Å². The second-order valence-electron chi connectivity index (χ2n) is 5.06. The molecule has 0 aliphatic rings. The van der Waals surface area contributed by atoms with Crippen molar-refractivity contribution in [3.05, 3.63) is 29.8 Å². The van der Waals surface area contributed by atoms with Crippen LogP contribution in [0.4, 0.5) is 0 Å². The molecule has 0 saturated heterocycles. The number of ether oxygens (including phenoxy) is 1. The number of rotatable bonds is 7. The lowest BCUT2D eigenvalue weighted by atomic mass is 10.0. The zero-order valence-electron chi connectivity index (χ0n) is 11.7. The van der Waals surface area contributed by atoms with Crippen molar-refractivity contribution in [1.29, 1.82) is 0 Å². The van der Waals surface area contributed by atoms with Crippen LogP contribution in [0, 0.1) is 5.92 Å². The molecule has 1 N–H and O–H groups in total. The fraction of sp³-hybridized carbons (Fsp3) is 0.533. The highest BCUT2D eigenvalue weighted by molar-refractivity contribution is 5.97. The van der Waals surface area contributed by atoms with E-state index in [4.69, 9.17) is 4.74 Å². The molecule has 1 atom stereocenters. The maximum absolute atomic E-state index is 11.9. The number of hydrogen-bond donors (Lipinski definition) is 1. The minimum absolute atomic E-state index is 0.119. The molecule has 0 bridgehead atoms. The first-order chi connectivity index (χ1) is 8.52. The highest BCUT2D eigenvalue weighted by Crippen LogP contribution is 2.11. The summed E-state index contributed by atoms with van der Waals surface area (Å²) in [6, 6.07) is 7.59. The Hall–Kier alpha value is -1.35. The van der Waals surface area contributed by atoms with Crippen LogP contribution in [0.5, 0.6) is 5.75 Å².